The van der Waals surface area contributed by atoms with Crippen LogP contribution in [0, 0.1) is 0 Å². The van der Waals surface area contributed by atoms with Crippen LogP contribution in [0.3, 0.4) is 0 Å². The molecule has 1 N–H and O–H groups in total. The summed E-state index contributed by atoms with van der Waals surface area (Å²) >= 11 is 0. The molecule has 0 saturated carbocycles. The molecule has 5 nitrogen and oxygen atoms in total. The van der Waals surface area contributed by atoms with E-state index in [1.54, 1.807) is 4.68 Å². The summed E-state index contributed by atoms with van der Waals surface area (Å²) in [6.07, 6.45) is 1.93. The van der Waals surface area contributed by atoms with Gasteiger partial charge in [0, 0.05) is 18.2 Å². The van der Waals surface area contributed by atoms with Gasteiger partial charge in [-0.3, -0.25) is 0 Å². The van der Waals surface area contributed by atoms with Crippen molar-refractivity contribution >= 4 is 0 Å². The largest absolute Gasteiger partial charge is 0.494 e. The summed E-state index contributed by atoms with van der Waals surface area (Å²) in [6, 6.07) is 7.83. The molecule has 0 unspecified atom stereocenters. The third-order valence-electron chi connectivity index (χ3n) is 2.73. The van der Waals surface area contributed by atoms with Gasteiger partial charge >= 0.3 is 0 Å². The van der Waals surface area contributed by atoms with Gasteiger partial charge in [0.15, 0.2) is 0 Å². The van der Waals surface area contributed by atoms with Gasteiger partial charge in [0.1, 0.15) is 5.75 Å². The standard InChI is InChI=1S/C15H22N4O/c1-5-20-14-8-6-7-13(9-14)19-11-12(17-18-19)10-16-15(2,3)4/h6-9,11,16H,5,10H2,1-4H3. The Bertz CT molecular complexity index is 557. The molecule has 20 heavy (non-hydrogen) atoms. The minimum absolute atomic E-state index is 0.0681. The molecule has 2 rings (SSSR count). The number of ether oxygens (including phenoxy) is 1. The molecule has 0 aliphatic heterocycles. The predicted octanol–water partition coefficient (Wildman–Crippen LogP) is 2.55. The van der Waals surface area contributed by atoms with Gasteiger partial charge in [0.25, 0.3) is 0 Å². The van der Waals surface area contributed by atoms with Crippen molar-refractivity contribution in [3.8, 4) is 11.4 Å². The van der Waals surface area contributed by atoms with Crippen molar-refractivity contribution in [3.63, 3.8) is 0 Å². The van der Waals surface area contributed by atoms with Crippen LogP contribution in [0.25, 0.3) is 5.69 Å². The van der Waals surface area contributed by atoms with E-state index in [1.165, 1.54) is 0 Å². The Kier molecular flexibility index (Phi) is 4.39. The second kappa shape index (κ2) is 6.05. The van der Waals surface area contributed by atoms with Crippen LogP contribution in [0.4, 0.5) is 0 Å². The van der Waals surface area contributed by atoms with Crippen LogP contribution < -0.4 is 10.1 Å². The third-order valence-corrected chi connectivity index (χ3v) is 2.73. The number of hydrogen-bond acceptors (Lipinski definition) is 4. The van der Waals surface area contributed by atoms with Gasteiger partial charge in [0.05, 0.1) is 24.2 Å². The Morgan fingerprint density at radius 3 is 2.80 bits per heavy atom. The monoisotopic (exact) mass is 274 g/mol. The maximum Gasteiger partial charge on any atom is 0.121 e. The molecule has 0 bridgehead atoms. The molecule has 0 spiro atoms. The minimum atomic E-state index is 0.0681. The van der Waals surface area contributed by atoms with Gasteiger partial charge in [0.2, 0.25) is 0 Å². The van der Waals surface area contributed by atoms with Crippen molar-refractivity contribution in [2.45, 2.75) is 39.8 Å². The number of benzene rings is 1. The highest BCUT2D eigenvalue weighted by atomic mass is 16.5. The molecule has 1 heterocycles. The van der Waals surface area contributed by atoms with Gasteiger partial charge in [-0.05, 0) is 39.8 Å². The Morgan fingerprint density at radius 1 is 1.30 bits per heavy atom. The van der Waals surface area contributed by atoms with Gasteiger partial charge in [-0.15, -0.1) is 5.10 Å². The summed E-state index contributed by atoms with van der Waals surface area (Å²) in [5.41, 5.74) is 1.94. The number of nitrogens with zero attached hydrogens (tertiary/aromatic N) is 3. The zero-order valence-corrected chi connectivity index (χ0v) is 12.6. The highest BCUT2D eigenvalue weighted by Crippen LogP contribution is 2.16. The first-order valence-corrected chi connectivity index (χ1v) is 6.87. The third kappa shape index (κ3) is 4.06. The first-order chi connectivity index (χ1) is 9.48. The Labute approximate surface area is 120 Å². The number of aromatic nitrogens is 3. The van der Waals surface area contributed by atoms with Crippen LogP contribution in [-0.4, -0.2) is 27.1 Å². The fourth-order valence-electron chi connectivity index (χ4n) is 1.74. The quantitative estimate of drug-likeness (QED) is 0.910. The molecule has 0 saturated heterocycles. The second-order valence-corrected chi connectivity index (χ2v) is 5.69. The van der Waals surface area contributed by atoms with Gasteiger partial charge in [-0.1, -0.05) is 11.3 Å². The maximum atomic E-state index is 5.49. The lowest BCUT2D eigenvalue weighted by Gasteiger charge is -2.19. The SMILES string of the molecule is CCOc1cccc(-n2cc(CNC(C)(C)C)nn2)c1. The van der Waals surface area contributed by atoms with Crippen molar-refractivity contribution in [2.75, 3.05) is 6.61 Å². The van der Waals surface area contributed by atoms with E-state index in [0.29, 0.717) is 13.2 Å². The molecule has 0 amide bonds. The molecule has 0 atom stereocenters. The lowest BCUT2D eigenvalue weighted by Crippen LogP contribution is -2.35. The summed E-state index contributed by atoms with van der Waals surface area (Å²) in [5.74, 6) is 0.842. The van der Waals surface area contributed by atoms with Gasteiger partial charge in [-0.25, -0.2) is 4.68 Å². The van der Waals surface area contributed by atoms with Crippen LogP contribution in [0.1, 0.15) is 33.4 Å². The summed E-state index contributed by atoms with van der Waals surface area (Å²) in [5, 5.41) is 11.7. The fourth-order valence-corrected chi connectivity index (χ4v) is 1.74. The van der Waals surface area contributed by atoms with Gasteiger partial charge < -0.3 is 10.1 Å². The topological polar surface area (TPSA) is 52.0 Å². The fraction of sp³-hybridized carbons (Fsp3) is 0.467. The van der Waals surface area contributed by atoms with Crippen LogP contribution in [0.15, 0.2) is 30.5 Å². The molecule has 108 valence electrons. The summed E-state index contributed by atoms with van der Waals surface area (Å²) < 4.78 is 7.26. The van der Waals surface area contributed by atoms with E-state index < -0.39 is 0 Å². The van der Waals surface area contributed by atoms with E-state index in [0.717, 1.165) is 17.1 Å². The van der Waals surface area contributed by atoms with Crippen LogP contribution in [0.2, 0.25) is 0 Å². The van der Waals surface area contributed by atoms with E-state index in [4.69, 9.17) is 4.74 Å². The smallest absolute Gasteiger partial charge is 0.121 e. The molecule has 0 aliphatic carbocycles. The normalized spacial score (nSPS) is 11.6. The molecule has 0 fully saturated rings. The number of hydrogen-bond donors (Lipinski definition) is 1. The van der Waals surface area contributed by atoms with Crippen LogP contribution in [0.5, 0.6) is 5.75 Å². The molecular weight excluding hydrogens is 252 g/mol. The van der Waals surface area contributed by atoms with Crippen molar-refractivity contribution in [3.05, 3.63) is 36.2 Å². The Balaban J connectivity index is 2.10. The predicted molar refractivity (Wildman–Crippen MR) is 79.1 cm³/mol. The lowest BCUT2D eigenvalue weighted by molar-refractivity contribution is 0.340. The minimum Gasteiger partial charge on any atom is -0.494 e. The highest BCUT2D eigenvalue weighted by molar-refractivity contribution is 5.38. The van der Waals surface area contributed by atoms with Gasteiger partial charge in [-0.2, -0.15) is 0 Å². The summed E-state index contributed by atoms with van der Waals surface area (Å²) in [7, 11) is 0. The molecule has 1 aromatic carbocycles. The lowest BCUT2D eigenvalue weighted by atomic mass is 10.1. The van der Waals surface area contributed by atoms with E-state index in [1.807, 2.05) is 37.4 Å². The summed E-state index contributed by atoms with van der Waals surface area (Å²) in [4.78, 5) is 0. The van der Waals surface area contributed by atoms with E-state index in [-0.39, 0.29) is 5.54 Å². The van der Waals surface area contributed by atoms with Crippen molar-refractivity contribution in [1.82, 2.24) is 20.3 Å². The van der Waals surface area contributed by atoms with E-state index in [2.05, 4.69) is 36.4 Å². The highest BCUT2D eigenvalue weighted by Gasteiger charge is 2.10. The van der Waals surface area contributed by atoms with Crippen LogP contribution >= 0.6 is 0 Å². The average Bonchev–Trinajstić information content (AvgIpc) is 2.85. The molecule has 5 heteroatoms. The Morgan fingerprint density at radius 2 is 2.10 bits per heavy atom. The number of rotatable bonds is 5. The van der Waals surface area contributed by atoms with E-state index in [9.17, 15) is 0 Å². The molecule has 1 aromatic heterocycles. The van der Waals surface area contributed by atoms with Crippen molar-refractivity contribution < 1.29 is 4.74 Å². The molecule has 2 aromatic rings. The molecule has 0 radical (unpaired) electrons. The van der Waals surface area contributed by atoms with Crippen molar-refractivity contribution in [1.29, 1.82) is 0 Å². The summed E-state index contributed by atoms with van der Waals surface area (Å²) in [6.45, 7) is 9.71. The molecule has 0 aliphatic rings. The Hall–Kier alpha value is -1.88. The van der Waals surface area contributed by atoms with Crippen molar-refractivity contribution in [2.24, 2.45) is 0 Å². The number of nitrogens with one attached hydrogen (secondary N) is 1. The maximum absolute atomic E-state index is 5.49. The molecular formula is C15H22N4O. The zero-order valence-electron chi connectivity index (χ0n) is 12.6. The first kappa shape index (κ1) is 14.5. The second-order valence-electron chi connectivity index (χ2n) is 5.69. The first-order valence-electron chi connectivity index (χ1n) is 6.87. The average molecular weight is 274 g/mol. The van der Waals surface area contributed by atoms with Crippen LogP contribution in [-0.2, 0) is 6.54 Å². The zero-order chi connectivity index (χ0) is 14.6. The van der Waals surface area contributed by atoms with E-state index >= 15 is 0 Å².